The van der Waals surface area contributed by atoms with Gasteiger partial charge in [-0.2, -0.15) is 0 Å². The molecule has 5 rings (SSSR count). The molecule has 4 bridgehead atoms. The van der Waals surface area contributed by atoms with E-state index in [0.717, 1.165) is 36.5 Å². The van der Waals surface area contributed by atoms with Crippen molar-refractivity contribution in [1.82, 2.24) is 25.5 Å². The van der Waals surface area contributed by atoms with Crippen LogP contribution in [0, 0.1) is 17.8 Å². The van der Waals surface area contributed by atoms with Gasteiger partial charge in [0.25, 0.3) is 0 Å². The van der Waals surface area contributed by atoms with Crippen molar-refractivity contribution in [2.45, 2.75) is 70.4 Å². The average molecular weight is 289 g/mol. The number of hydrogen-bond donors (Lipinski definition) is 1. The Labute approximate surface area is 126 Å². The molecule has 0 radical (unpaired) electrons. The molecule has 5 heteroatoms. The fourth-order valence-corrected chi connectivity index (χ4v) is 5.58. The Balaban J connectivity index is 1.63. The molecule has 4 aliphatic carbocycles. The Morgan fingerprint density at radius 3 is 2.38 bits per heavy atom. The van der Waals surface area contributed by atoms with Gasteiger partial charge in [0.2, 0.25) is 0 Å². The fraction of sp³-hybridized carbons (Fsp3) is 0.938. The summed E-state index contributed by atoms with van der Waals surface area (Å²) in [4.78, 5) is 0. The zero-order valence-corrected chi connectivity index (χ0v) is 13.3. The maximum Gasteiger partial charge on any atom is 0.168 e. The summed E-state index contributed by atoms with van der Waals surface area (Å²) in [7, 11) is 0. The van der Waals surface area contributed by atoms with Crippen molar-refractivity contribution < 1.29 is 0 Å². The molecule has 0 amide bonds. The predicted octanol–water partition coefficient (Wildman–Crippen LogP) is 2.66. The van der Waals surface area contributed by atoms with Crippen LogP contribution in [0.2, 0.25) is 0 Å². The van der Waals surface area contributed by atoms with Gasteiger partial charge in [0, 0.05) is 0 Å². The van der Waals surface area contributed by atoms with E-state index in [1.165, 1.54) is 38.5 Å². The van der Waals surface area contributed by atoms with Crippen LogP contribution in [0.3, 0.4) is 0 Å². The summed E-state index contributed by atoms with van der Waals surface area (Å²) in [5, 5.41) is 16.4. The average Bonchev–Trinajstić information content (AvgIpc) is 2.93. The van der Waals surface area contributed by atoms with E-state index >= 15 is 0 Å². The summed E-state index contributed by atoms with van der Waals surface area (Å²) in [6.45, 7) is 5.41. The lowest BCUT2D eigenvalue weighted by Gasteiger charge is -2.56. The first-order chi connectivity index (χ1) is 10.2. The number of rotatable bonds is 5. The zero-order valence-electron chi connectivity index (χ0n) is 13.3. The van der Waals surface area contributed by atoms with Crippen molar-refractivity contribution in [3.8, 4) is 0 Å². The molecule has 0 aliphatic heterocycles. The first kappa shape index (κ1) is 13.7. The van der Waals surface area contributed by atoms with Gasteiger partial charge in [-0.1, -0.05) is 6.92 Å². The molecule has 21 heavy (non-hydrogen) atoms. The lowest BCUT2D eigenvalue weighted by atomic mass is 9.53. The second kappa shape index (κ2) is 5.04. The largest absolute Gasteiger partial charge is 0.307 e. The molecule has 0 saturated heterocycles. The number of hydrogen-bond acceptors (Lipinski definition) is 4. The third-order valence-electron chi connectivity index (χ3n) is 6.04. The maximum absolute atomic E-state index is 4.45. The van der Waals surface area contributed by atoms with Crippen molar-refractivity contribution in [1.29, 1.82) is 0 Å². The quantitative estimate of drug-likeness (QED) is 0.905. The van der Waals surface area contributed by atoms with Crippen molar-refractivity contribution >= 4 is 0 Å². The van der Waals surface area contributed by atoms with Gasteiger partial charge in [0.15, 0.2) is 5.82 Å². The Kier molecular flexibility index (Phi) is 3.28. The molecule has 4 fully saturated rings. The van der Waals surface area contributed by atoms with Gasteiger partial charge in [-0.15, -0.1) is 5.10 Å². The molecule has 0 spiro atoms. The van der Waals surface area contributed by atoms with Crippen LogP contribution in [0.25, 0.3) is 0 Å². The molecule has 1 aromatic rings. The van der Waals surface area contributed by atoms with Gasteiger partial charge >= 0.3 is 0 Å². The Morgan fingerprint density at radius 1 is 1.19 bits per heavy atom. The second-order valence-corrected chi connectivity index (χ2v) is 7.77. The topological polar surface area (TPSA) is 55.6 Å². The van der Waals surface area contributed by atoms with Gasteiger partial charge < -0.3 is 5.32 Å². The highest BCUT2D eigenvalue weighted by Crippen LogP contribution is 2.58. The molecule has 4 aliphatic rings. The smallest absolute Gasteiger partial charge is 0.168 e. The van der Waals surface area contributed by atoms with E-state index in [0.29, 0.717) is 0 Å². The molecule has 1 heterocycles. The molecule has 1 atom stereocenters. The molecule has 1 aromatic heterocycles. The van der Waals surface area contributed by atoms with Crippen LogP contribution in [0.5, 0.6) is 0 Å². The highest BCUT2D eigenvalue weighted by Gasteiger charge is 2.53. The van der Waals surface area contributed by atoms with Crippen LogP contribution in [0.4, 0.5) is 0 Å². The van der Waals surface area contributed by atoms with Crippen LogP contribution in [0.15, 0.2) is 0 Å². The van der Waals surface area contributed by atoms with Gasteiger partial charge in [0.05, 0.1) is 11.6 Å². The van der Waals surface area contributed by atoms with Gasteiger partial charge in [-0.25, -0.2) is 4.68 Å². The van der Waals surface area contributed by atoms with Gasteiger partial charge in [-0.3, -0.25) is 0 Å². The Bertz CT molecular complexity index is 473. The van der Waals surface area contributed by atoms with E-state index in [2.05, 4.69) is 39.4 Å². The number of nitrogens with zero attached hydrogens (tertiary/aromatic N) is 4. The van der Waals surface area contributed by atoms with Crippen LogP contribution in [-0.2, 0) is 5.54 Å². The molecule has 116 valence electrons. The zero-order chi connectivity index (χ0) is 14.4. The number of tetrazole rings is 1. The summed E-state index contributed by atoms with van der Waals surface area (Å²) in [6.07, 6.45) is 9.43. The third kappa shape index (κ3) is 2.20. The van der Waals surface area contributed by atoms with Crippen molar-refractivity contribution in [2.75, 3.05) is 6.54 Å². The Hall–Kier alpha value is -0.970. The summed E-state index contributed by atoms with van der Waals surface area (Å²) >= 11 is 0. The van der Waals surface area contributed by atoms with E-state index in [1.807, 2.05) is 0 Å². The standard InChI is InChI=1S/C16H27N5/c1-3-4-17-11(2)15-18-19-20-21(15)16-8-12-5-13(9-16)7-14(6-12)10-16/h11-14,17H,3-10H2,1-2H3. The highest BCUT2D eigenvalue weighted by atomic mass is 15.6. The molecule has 1 unspecified atom stereocenters. The van der Waals surface area contributed by atoms with Crippen LogP contribution in [-0.4, -0.2) is 26.8 Å². The predicted molar refractivity (Wildman–Crippen MR) is 80.7 cm³/mol. The van der Waals surface area contributed by atoms with Crippen LogP contribution in [0.1, 0.15) is 70.7 Å². The van der Waals surface area contributed by atoms with Crippen molar-refractivity contribution in [3.05, 3.63) is 5.82 Å². The van der Waals surface area contributed by atoms with Gasteiger partial charge in [-0.05, 0) is 86.6 Å². The molecule has 4 saturated carbocycles. The minimum Gasteiger partial charge on any atom is -0.307 e. The molecular formula is C16H27N5. The fourth-order valence-electron chi connectivity index (χ4n) is 5.58. The molecule has 0 aromatic carbocycles. The van der Waals surface area contributed by atoms with Crippen molar-refractivity contribution in [2.24, 2.45) is 17.8 Å². The number of aromatic nitrogens is 4. The Morgan fingerprint density at radius 2 is 1.81 bits per heavy atom. The third-order valence-corrected chi connectivity index (χ3v) is 6.04. The molecule has 5 nitrogen and oxygen atoms in total. The van der Waals surface area contributed by atoms with Crippen molar-refractivity contribution in [3.63, 3.8) is 0 Å². The van der Waals surface area contributed by atoms with E-state index in [-0.39, 0.29) is 11.6 Å². The van der Waals surface area contributed by atoms with Gasteiger partial charge in [0.1, 0.15) is 0 Å². The summed E-state index contributed by atoms with van der Waals surface area (Å²) in [5.41, 5.74) is 0.232. The summed E-state index contributed by atoms with van der Waals surface area (Å²) in [5.74, 6) is 3.82. The lowest BCUT2D eigenvalue weighted by molar-refractivity contribution is -0.0523. The normalized spacial score (nSPS) is 38.9. The van der Waals surface area contributed by atoms with E-state index in [1.54, 1.807) is 0 Å². The monoisotopic (exact) mass is 289 g/mol. The SMILES string of the molecule is CCCNC(C)c1nnnn1C12CC3CC(CC(C3)C1)C2. The minimum absolute atomic E-state index is 0.232. The first-order valence-electron chi connectivity index (χ1n) is 8.72. The van der Waals surface area contributed by atoms with E-state index in [4.69, 9.17) is 0 Å². The van der Waals surface area contributed by atoms with E-state index in [9.17, 15) is 0 Å². The summed E-state index contributed by atoms with van der Waals surface area (Å²) < 4.78 is 2.23. The summed E-state index contributed by atoms with van der Waals surface area (Å²) in [6, 6.07) is 0.243. The maximum atomic E-state index is 4.45. The van der Waals surface area contributed by atoms with Crippen LogP contribution >= 0.6 is 0 Å². The number of nitrogens with one attached hydrogen (secondary N) is 1. The lowest BCUT2D eigenvalue weighted by Crippen LogP contribution is -2.53. The van der Waals surface area contributed by atoms with Crippen LogP contribution < -0.4 is 5.32 Å². The molecular weight excluding hydrogens is 262 g/mol. The highest BCUT2D eigenvalue weighted by molar-refractivity contribution is 5.07. The second-order valence-electron chi connectivity index (χ2n) is 7.77. The minimum atomic E-state index is 0.232. The van der Waals surface area contributed by atoms with E-state index < -0.39 is 0 Å². The molecule has 1 N–H and O–H groups in total. The first-order valence-corrected chi connectivity index (χ1v) is 8.72.